The van der Waals surface area contributed by atoms with Gasteiger partial charge < -0.3 is 19.5 Å². The summed E-state index contributed by atoms with van der Waals surface area (Å²) >= 11 is 0. The molecule has 1 aromatic carbocycles. The van der Waals surface area contributed by atoms with Gasteiger partial charge in [0.15, 0.2) is 0 Å². The Balaban J connectivity index is 2.39. The van der Waals surface area contributed by atoms with E-state index in [-0.39, 0.29) is 11.6 Å². The molecule has 1 saturated heterocycles. The van der Waals surface area contributed by atoms with Gasteiger partial charge in [-0.2, -0.15) is 0 Å². The molecule has 2 rings (SSSR count). The number of nitrogens with one attached hydrogen (secondary N) is 1. The largest absolute Gasteiger partial charge is 0.497 e. The number of hydrogen-bond donors (Lipinski definition) is 1. The summed E-state index contributed by atoms with van der Waals surface area (Å²) in [4.78, 5) is 0. The Labute approximate surface area is 127 Å². The van der Waals surface area contributed by atoms with Gasteiger partial charge in [-0.15, -0.1) is 0 Å². The van der Waals surface area contributed by atoms with Crippen molar-refractivity contribution in [3.8, 4) is 11.5 Å². The molecule has 0 radical (unpaired) electrons. The minimum absolute atomic E-state index is 0.102. The van der Waals surface area contributed by atoms with E-state index in [0.717, 1.165) is 49.5 Å². The van der Waals surface area contributed by atoms with E-state index >= 15 is 0 Å². The van der Waals surface area contributed by atoms with Crippen molar-refractivity contribution in [2.24, 2.45) is 0 Å². The molecule has 0 aliphatic carbocycles. The van der Waals surface area contributed by atoms with Crippen molar-refractivity contribution in [3.05, 3.63) is 23.8 Å². The molecule has 1 aliphatic rings. The van der Waals surface area contributed by atoms with Crippen molar-refractivity contribution in [3.63, 3.8) is 0 Å². The molecule has 0 bridgehead atoms. The number of methoxy groups -OCH3 is 2. The molecule has 1 heterocycles. The van der Waals surface area contributed by atoms with Crippen LogP contribution < -0.4 is 14.8 Å². The molecule has 1 aliphatic heterocycles. The summed E-state index contributed by atoms with van der Waals surface area (Å²) in [5, 5.41) is 3.63. The van der Waals surface area contributed by atoms with Crippen LogP contribution >= 0.6 is 0 Å². The zero-order valence-electron chi connectivity index (χ0n) is 13.6. The summed E-state index contributed by atoms with van der Waals surface area (Å²) in [6, 6.07) is 6.05. The van der Waals surface area contributed by atoms with Crippen molar-refractivity contribution >= 4 is 0 Å². The number of ether oxygens (including phenoxy) is 3. The van der Waals surface area contributed by atoms with Crippen molar-refractivity contribution in [2.75, 3.05) is 27.4 Å². The zero-order valence-corrected chi connectivity index (χ0v) is 13.6. The topological polar surface area (TPSA) is 39.7 Å². The third kappa shape index (κ3) is 3.50. The highest BCUT2D eigenvalue weighted by Crippen LogP contribution is 2.41. The third-order valence-corrected chi connectivity index (χ3v) is 4.21. The molecule has 0 amide bonds. The Morgan fingerprint density at radius 3 is 2.71 bits per heavy atom. The Morgan fingerprint density at radius 1 is 1.33 bits per heavy atom. The molecule has 0 aromatic heterocycles. The van der Waals surface area contributed by atoms with Crippen LogP contribution in [0, 0.1) is 0 Å². The lowest BCUT2D eigenvalue weighted by Crippen LogP contribution is -2.41. The monoisotopic (exact) mass is 293 g/mol. The van der Waals surface area contributed by atoms with Gasteiger partial charge in [0.2, 0.25) is 0 Å². The van der Waals surface area contributed by atoms with Crippen LogP contribution in [0.25, 0.3) is 0 Å². The summed E-state index contributed by atoms with van der Waals surface area (Å²) < 4.78 is 17.0. The molecule has 0 spiro atoms. The molecule has 4 nitrogen and oxygen atoms in total. The van der Waals surface area contributed by atoms with Crippen LogP contribution in [0.3, 0.4) is 0 Å². The average Bonchev–Trinajstić information content (AvgIpc) is 2.95. The van der Waals surface area contributed by atoms with Crippen molar-refractivity contribution in [1.82, 2.24) is 5.32 Å². The molecule has 0 saturated carbocycles. The Hall–Kier alpha value is -1.26. The van der Waals surface area contributed by atoms with Crippen molar-refractivity contribution in [1.29, 1.82) is 0 Å². The van der Waals surface area contributed by atoms with Crippen molar-refractivity contribution in [2.45, 2.75) is 44.8 Å². The van der Waals surface area contributed by atoms with Crippen LogP contribution in [-0.4, -0.2) is 33.0 Å². The molecular formula is C17H27NO3. The summed E-state index contributed by atoms with van der Waals surface area (Å²) in [6.07, 6.45) is 3.24. The van der Waals surface area contributed by atoms with E-state index in [1.807, 2.05) is 12.1 Å². The van der Waals surface area contributed by atoms with Gasteiger partial charge in [0.1, 0.15) is 11.5 Å². The van der Waals surface area contributed by atoms with Gasteiger partial charge in [-0.1, -0.05) is 6.92 Å². The van der Waals surface area contributed by atoms with Gasteiger partial charge in [0, 0.05) is 12.2 Å². The lowest BCUT2D eigenvalue weighted by atomic mass is 9.87. The zero-order chi connectivity index (χ0) is 15.3. The highest BCUT2D eigenvalue weighted by Gasteiger charge is 2.40. The van der Waals surface area contributed by atoms with Crippen LogP contribution in [0.4, 0.5) is 0 Å². The molecule has 4 heteroatoms. The first-order chi connectivity index (χ1) is 10.1. The highest BCUT2D eigenvalue weighted by molar-refractivity contribution is 5.43. The van der Waals surface area contributed by atoms with E-state index in [0.29, 0.717) is 0 Å². The standard InChI is InChI=1S/C17H27NO3/c1-5-10-18-16(17(2)9-6-11-21-17)14-12-13(19-3)7-8-15(14)20-4/h7-8,12,16,18H,5-6,9-11H2,1-4H3. The Bertz CT molecular complexity index is 455. The van der Waals surface area contributed by atoms with Gasteiger partial charge in [-0.3, -0.25) is 0 Å². The second kappa shape index (κ2) is 7.14. The normalized spacial score (nSPS) is 23.0. The molecule has 118 valence electrons. The van der Waals surface area contributed by atoms with Crippen LogP contribution in [0.2, 0.25) is 0 Å². The molecule has 1 aromatic rings. The lowest BCUT2D eigenvalue weighted by Gasteiger charge is -2.35. The number of hydrogen-bond acceptors (Lipinski definition) is 4. The molecule has 1 fully saturated rings. The second-order valence-corrected chi connectivity index (χ2v) is 5.76. The predicted molar refractivity (Wildman–Crippen MR) is 84.2 cm³/mol. The molecule has 2 atom stereocenters. The molecule has 21 heavy (non-hydrogen) atoms. The summed E-state index contributed by atoms with van der Waals surface area (Å²) in [7, 11) is 3.40. The summed E-state index contributed by atoms with van der Waals surface area (Å²) in [5.74, 6) is 1.72. The fraction of sp³-hybridized carbons (Fsp3) is 0.647. The Kier molecular flexibility index (Phi) is 5.48. The van der Waals surface area contributed by atoms with Crippen LogP contribution in [-0.2, 0) is 4.74 Å². The quantitative estimate of drug-likeness (QED) is 0.837. The van der Waals surface area contributed by atoms with E-state index in [1.54, 1.807) is 14.2 Å². The van der Waals surface area contributed by atoms with Gasteiger partial charge in [-0.05, 0) is 50.9 Å². The van der Waals surface area contributed by atoms with E-state index in [4.69, 9.17) is 14.2 Å². The van der Waals surface area contributed by atoms with Gasteiger partial charge in [0.25, 0.3) is 0 Å². The van der Waals surface area contributed by atoms with Gasteiger partial charge in [-0.25, -0.2) is 0 Å². The van der Waals surface area contributed by atoms with E-state index in [1.165, 1.54) is 0 Å². The number of rotatable bonds is 7. The summed E-state index contributed by atoms with van der Waals surface area (Å²) in [5.41, 5.74) is 0.907. The van der Waals surface area contributed by atoms with Gasteiger partial charge in [0.05, 0.1) is 25.9 Å². The SMILES string of the molecule is CCCNC(c1cc(OC)ccc1OC)C1(C)CCCO1. The van der Waals surface area contributed by atoms with Crippen LogP contribution in [0.1, 0.15) is 44.7 Å². The Morgan fingerprint density at radius 2 is 2.14 bits per heavy atom. The fourth-order valence-electron chi connectivity index (χ4n) is 3.04. The van der Waals surface area contributed by atoms with Gasteiger partial charge >= 0.3 is 0 Å². The molecule has 1 N–H and O–H groups in total. The lowest BCUT2D eigenvalue weighted by molar-refractivity contribution is -0.0130. The minimum atomic E-state index is -0.200. The maximum atomic E-state index is 6.07. The van der Waals surface area contributed by atoms with Crippen LogP contribution in [0.5, 0.6) is 11.5 Å². The maximum absolute atomic E-state index is 6.07. The predicted octanol–water partition coefficient (Wildman–Crippen LogP) is 3.31. The van der Waals surface area contributed by atoms with E-state index < -0.39 is 0 Å². The molecule has 2 unspecified atom stereocenters. The first-order valence-corrected chi connectivity index (χ1v) is 7.74. The summed E-state index contributed by atoms with van der Waals surface area (Å²) in [6.45, 7) is 6.13. The smallest absolute Gasteiger partial charge is 0.124 e. The second-order valence-electron chi connectivity index (χ2n) is 5.76. The third-order valence-electron chi connectivity index (χ3n) is 4.21. The minimum Gasteiger partial charge on any atom is -0.497 e. The van der Waals surface area contributed by atoms with Crippen molar-refractivity contribution < 1.29 is 14.2 Å². The molecular weight excluding hydrogens is 266 g/mol. The first kappa shape index (κ1) is 16.1. The fourth-order valence-corrected chi connectivity index (χ4v) is 3.04. The number of benzene rings is 1. The highest BCUT2D eigenvalue weighted by atomic mass is 16.5. The average molecular weight is 293 g/mol. The first-order valence-electron chi connectivity index (χ1n) is 7.74. The van der Waals surface area contributed by atoms with Crippen LogP contribution in [0.15, 0.2) is 18.2 Å². The van der Waals surface area contributed by atoms with E-state index in [9.17, 15) is 0 Å². The van der Waals surface area contributed by atoms with E-state index in [2.05, 4.69) is 25.2 Å². The maximum Gasteiger partial charge on any atom is 0.124 e.